The molecule has 0 fully saturated rings. The van der Waals surface area contributed by atoms with Crippen LogP contribution in [0.1, 0.15) is 18.8 Å². The summed E-state index contributed by atoms with van der Waals surface area (Å²) in [5.74, 6) is -0.684. The second kappa shape index (κ2) is 4.38. The zero-order valence-electron chi connectivity index (χ0n) is 6.86. The van der Waals surface area contributed by atoms with E-state index < -0.39 is 12.1 Å². The summed E-state index contributed by atoms with van der Waals surface area (Å²) < 4.78 is 9.64. The predicted octanol–water partition coefficient (Wildman–Crippen LogP) is 1.03. The monoisotopic (exact) mass is 249 g/mol. The van der Waals surface area contributed by atoms with Crippen molar-refractivity contribution in [1.82, 2.24) is 5.16 Å². The summed E-state index contributed by atoms with van der Waals surface area (Å²) in [6, 6.07) is 1.40. The van der Waals surface area contributed by atoms with Gasteiger partial charge < -0.3 is 14.4 Å². The van der Waals surface area contributed by atoms with E-state index in [4.69, 9.17) is 0 Å². The minimum Gasteiger partial charge on any atom is -0.464 e. The average molecular weight is 250 g/mol. The van der Waals surface area contributed by atoms with E-state index in [0.717, 1.165) is 0 Å². The van der Waals surface area contributed by atoms with Crippen molar-refractivity contribution in [2.75, 3.05) is 6.61 Å². The van der Waals surface area contributed by atoms with Crippen molar-refractivity contribution in [3.63, 3.8) is 0 Å². The maximum absolute atomic E-state index is 11.0. The zero-order valence-corrected chi connectivity index (χ0v) is 8.44. The largest absolute Gasteiger partial charge is 0.464 e. The standard InChI is InChI=1S/C7H8BrNO4/c1-2-12-7(11)6(10)4-3-5(8)9-13-4/h3,6,10H,2H2,1H3. The van der Waals surface area contributed by atoms with Gasteiger partial charge in [-0.2, -0.15) is 0 Å². The number of esters is 1. The molecule has 0 aromatic carbocycles. The highest BCUT2D eigenvalue weighted by molar-refractivity contribution is 9.10. The van der Waals surface area contributed by atoms with Gasteiger partial charge in [-0.25, -0.2) is 4.79 Å². The zero-order chi connectivity index (χ0) is 9.84. The fourth-order valence-electron chi connectivity index (χ4n) is 0.733. The van der Waals surface area contributed by atoms with E-state index in [2.05, 4.69) is 30.3 Å². The van der Waals surface area contributed by atoms with Gasteiger partial charge in [0.05, 0.1) is 6.61 Å². The lowest BCUT2D eigenvalue weighted by Gasteiger charge is -2.04. The number of rotatable bonds is 3. The minimum atomic E-state index is -1.40. The van der Waals surface area contributed by atoms with Crippen LogP contribution in [-0.2, 0) is 9.53 Å². The molecule has 5 nitrogen and oxygen atoms in total. The molecule has 1 unspecified atom stereocenters. The third-order valence-electron chi connectivity index (χ3n) is 1.28. The Morgan fingerprint density at radius 1 is 1.92 bits per heavy atom. The number of aliphatic hydroxyl groups excluding tert-OH is 1. The predicted molar refractivity (Wildman–Crippen MR) is 45.8 cm³/mol. The molecule has 0 spiro atoms. The molecule has 1 rings (SSSR count). The number of carbonyl (C=O) groups excluding carboxylic acids is 1. The van der Waals surface area contributed by atoms with E-state index in [1.54, 1.807) is 6.92 Å². The van der Waals surface area contributed by atoms with Crippen LogP contribution in [0.4, 0.5) is 0 Å². The SMILES string of the molecule is CCOC(=O)C(O)c1cc(Br)no1. The van der Waals surface area contributed by atoms with Gasteiger partial charge in [-0.15, -0.1) is 0 Å². The van der Waals surface area contributed by atoms with E-state index in [0.29, 0.717) is 4.60 Å². The number of halogens is 1. The van der Waals surface area contributed by atoms with Gasteiger partial charge in [0.2, 0.25) is 6.10 Å². The Morgan fingerprint density at radius 2 is 2.62 bits per heavy atom. The van der Waals surface area contributed by atoms with Gasteiger partial charge in [0.1, 0.15) is 4.60 Å². The number of aromatic nitrogens is 1. The molecule has 0 radical (unpaired) electrons. The fourth-order valence-corrected chi connectivity index (χ4v) is 1.03. The number of ether oxygens (including phenoxy) is 1. The van der Waals surface area contributed by atoms with Gasteiger partial charge in [-0.3, -0.25) is 0 Å². The van der Waals surface area contributed by atoms with Gasteiger partial charge in [-0.1, -0.05) is 5.16 Å². The van der Waals surface area contributed by atoms with Crippen molar-refractivity contribution < 1.29 is 19.2 Å². The Kier molecular flexibility index (Phi) is 3.44. The Morgan fingerprint density at radius 3 is 3.08 bits per heavy atom. The third kappa shape index (κ3) is 2.53. The van der Waals surface area contributed by atoms with Crippen molar-refractivity contribution >= 4 is 21.9 Å². The molecule has 1 aromatic heterocycles. The third-order valence-corrected chi connectivity index (χ3v) is 1.65. The first kappa shape index (κ1) is 10.2. The van der Waals surface area contributed by atoms with Crippen LogP contribution >= 0.6 is 15.9 Å². The maximum Gasteiger partial charge on any atom is 0.343 e. The summed E-state index contributed by atoms with van der Waals surface area (Å²) in [4.78, 5) is 11.0. The lowest BCUT2D eigenvalue weighted by molar-refractivity contribution is -0.154. The van der Waals surface area contributed by atoms with Gasteiger partial charge >= 0.3 is 5.97 Å². The van der Waals surface area contributed by atoms with Crippen LogP contribution in [0, 0.1) is 0 Å². The summed E-state index contributed by atoms with van der Waals surface area (Å²) in [5.41, 5.74) is 0. The molecule has 0 bridgehead atoms. The number of nitrogens with zero attached hydrogens (tertiary/aromatic N) is 1. The van der Waals surface area contributed by atoms with Crippen LogP contribution in [0.2, 0.25) is 0 Å². The first-order valence-electron chi connectivity index (χ1n) is 3.62. The molecule has 0 aliphatic carbocycles. The molecule has 0 saturated carbocycles. The van der Waals surface area contributed by atoms with E-state index in [9.17, 15) is 9.90 Å². The molecular formula is C7H8BrNO4. The van der Waals surface area contributed by atoms with Crippen molar-refractivity contribution in [1.29, 1.82) is 0 Å². The molecule has 1 N–H and O–H groups in total. The highest BCUT2D eigenvalue weighted by atomic mass is 79.9. The smallest absolute Gasteiger partial charge is 0.343 e. The first-order chi connectivity index (χ1) is 6.15. The van der Waals surface area contributed by atoms with E-state index in [-0.39, 0.29) is 12.4 Å². The van der Waals surface area contributed by atoms with Crippen LogP contribution in [-0.4, -0.2) is 22.8 Å². The Bertz CT molecular complexity index is 298. The summed E-state index contributed by atoms with van der Waals surface area (Å²) in [5, 5.41) is 12.8. The van der Waals surface area contributed by atoms with E-state index in [1.165, 1.54) is 6.07 Å². The molecule has 72 valence electrons. The van der Waals surface area contributed by atoms with Crippen molar-refractivity contribution in [3.05, 3.63) is 16.4 Å². The maximum atomic E-state index is 11.0. The molecule has 0 aliphatic rings. The lowest BCUT2D eigenvalue weighted by atomic mass is 10.3. The van der Waals surface area contributed by atoms with E-state index in [1.807, 2.05) is 0 Å². The van der Waals surface area contributed by atoms with Gasteiger partial charge in [0.25, 0.3) is 0 Å². The molecule has 1 aromatic rings. The van der Waals surface area contributed by atoms with E-state index >= 15 is 0 Å². The Balaban J connectivity index is 2.67. The number of aliphatic hydroxyl groups is 1. The number of hydrogen-bond acceptors (Lipinski definition) is 5. The highest BCUT2D eigenvalue weighted by Gasteiger charge is 2.22. The first-order valence-corrected chi connectivity index (χ1v) is 4.41. The van der Waals surface area contributed by atoms with Gasteiger partial charge in [0, 0.05) is 6.07 Å². The second-order valence-electron chi connectivity index (χ2n) is 2.21. The summed E-state index contributed by atoms with van der Waals surface area (Å²) in [6.45, 7) is 1.87. The summed E-state index contributed by atoms with van der Waals surface area (Å²) in [6.07, 6.45) is -1.40. The molecule has 0 saturated heterocycles. The van der Waals surface area contributed by atoms with Gasteiger partial charge in [0.15, 0.2) is 5.76 Å². The Labute approximate surface area is 82.8 Å². The molecule has 1 atom stereocenters. The quantitative estimate of drug-likeness (QED) is 0.811. The van der Waals surface area contributed by atoms with Gasteiger partial charge in [-0.05, 0) is 22.9 Å². The summed E-state index contributed by atoms with van der Waals surface area (Å²) >= 11 is 3.02. The molecular weight excluding hydrogens is 242 g/mol. The fraction of sp³-hybridized carbons (Fsp3) is 0.429. The molecule has 6 heteroatoms. The molecule has 13 heavy (non-hydrogen) atoms. The van der Waals surface area contributed by atoms with Crippen molar-refractivity contribution in [2.45, 2.75) is 13.0 Å². The number of hydrogen-bond donors (Lipinski definition) is 1. The lowest BCUT2D eigenvalue weighted by Crippen LogP contribution is -2.14. The average Bonchev–Trinajstić information content (AvgIpc) is 2.51. The van der Waals surface area contributed by atoms with Crippen LogP contribution in [0.5, 0.6) is 0 Å². The van der Waals surface area contributed by atoms with Crippen molar-refractivity contribution in [2.24, 2.45) is 0 Å². The Hall–Kier alpha value is -0.880. The second-order valence-corrected chi connectivity index (χ2v) is 3.02. The van der Waals surface area contributed by atoms with Crippen LogP contribution in [0.3, 0.4) is 0 Å². The normalized spacial score (nSPS) is 12.5. The van der Waals surface area contributed by atoms with Crippen LogP contribution in [0.15, 0.2) is 15.2 Å². The van der Waals surface area contributed by atoms with Crippen LogP contribution in [0.25, 0.3) is 0 Å². The minimum absolute atomic E-state index is 0.0605. The molecule has 0 amide bonds. The molecule has 1 heterocycles. The highest BCUT2D eigenvalue weighted by Crippen LogP contribution is 2.18. The number of carbonyl (C=O) groups is 1. The molecule has 0 aliphatic heterocycles. The van der Waals surface area contributed by atoms with Crippen LogP contribution < -0.4 is 0 Å². The van der Waals surface area contributed by atoms with Crippen molar-refractivity contribution in [3.8, 4) is 0 Å². The summed E-state index contributed by atoms with van der Waals surface area (Å²) in [7, 11) is 0. The topological polar surface area (TPSA) is 72.6 Å².